The van der Waals surface area contributed by atoms with Crippen LogP contribution in [-0.4, -0.2) is 30.0 Å². The molecule has 0 saturated carbocycles. The Morgan fingerprint density at radius 2 is 2.33 bits per heavy atom. The highest BCUT2D eigenvalue weighted by molar-refractivity contribution is 5.44. The van der Waals surface area contributed by atoms with Crippen molar-refractivity contribution in [3.05, 3.63) is 23.8 Å². The Hall–Kier alpha value is -1.26. The number of ether oxygens (including phenoxy) is 1. The largest absolute Gasteiger partial charge is 0.508 e. The van der Waals surface area contributed by atoms with Crippen LogP contribution in [0.2, 0.25) is 0 Å². The van der Waals surface area contributed by atoms with E-state index in [-0.39, 0.29) is 18.4 Å². The lowest BCUT2D eigenvalue weighted by atomic mass is 10.1. The molecule has 0 radical (unpaired) electrons. The third-order valence-electron chi connectivity index (χ3n) is 3.35. The Kier molecular flexibility index (Phi) is 4.44. The fraction of sp³-hybridized carbons (Fsp3) is 0.571. The molecule has 0 bridgehead atoms. The Morgan fingerprint density at radius 3 is 3.11 bits per heavy atom. The average molecular weight is 251 g/mol. The molecule has 0 amide bonds. The second-order valence-corrected chi connectivity index (χ2v) is 4.97. The molecule has 2 unspecified atom stereocenters. The lowest BCUT2D eigenvalue weighted by Crippen LogP contribution is -2.24. The smallest absolute Gasteiger partial charge is 0.127 e. The summed E-state index contributed by atoms with van der Waals surface area (Å²) < 4.78 is 5.53. The van der Waals surface area contributed by atoms with Gasteiger partial charge in [0.2, 0.25) is 0 Å². The van der Waals surface area contributed by atoms with Gasteiger partial charge >= 0.3 is 0 Å². The molecule has 2 atom stereocenters. The summed E-state index contributed by atoms with van der Waals surface area (Å²) in [6, 6.07) is 5.47. The van der Waals surface area contributed by atoms with Gasteiger partial charge in [-0.3, -0.25) is 0 Å². The number of phenolic OH excluding ortho intramolecular Hbond substituents is 1. The van der Waals surface area contributed by atoms with Crippen molar-refractivity contribution in [3.8, 4) is 11.5 Å². The number of aliphatic hydroxyl groups is 1. The van der Waals surface area contributed by atoms with Gasteiger partial charge < -0.3 is 20.3 Å². The molecule has 4 heteroatoms. The topological polar surface area (TPSA) is 61.7 Å². The molecular formula is C14H21NO3. The zero-order chi connectivity index (χ0) is 13.0. The van der Waals surface area contributed by atoms with Gasteiger partial charge in [0.1, 0.15) is 18.1 Å². The highest BCUT2D eigenvalue weighted by Crippen LogP contribution is 2.34. The number of phenols is 1. The van der Waals surface area contributed by atoms with E-state index in [4.69, 9.17) is 9.84 Å². The summed E-state index contributed by atoms with van der Waals surface area (Å²) in [7, 11) is 0. The van der Waals surface area contributed by atoms with Crippen molar-refractivity contribution >= 4 is 0 Å². The molecule has 3 N–H and O–H groups in total. The maximum absolute atomic E-state index is 9.36. The number of rotatable bonds is 6. The monoisotopic (exact) mass is 251 g/mol. The van der Waals surface area contributed by atoms with Crippen molar-refractivity contribution in [1.29, 1.82) is 0 Å². The summed E-state index contributed by atoms with van der Waals surface area (Å²) in [5, 5.41) is 21.7. The minimum atomic E-state index is 0.213. The van der Waals surface area contributed by atoms with E-state index in [2.05, 4.69) is 12.2 Å². The van der Waals surface area contributed by atoms with Crippen LogP contribution in [0.1, 0.15) is 31.4 Å². The first-order chi connectivity index (χ1) is 8.70. The van der Waals surface area contributed by atoms with Crippen molar-refractivity contribution in [2.75, 3.05) is 19.8 Å². The highest BCUT2D eigenvalue weighted by Gasteiger charge is 2.23. The van der Waals surface area contributed by atoms with Gasteiger partial charge in [-0.2, -0.15) is 0 Å². The van der Waals surface area contributed by atoms with E-state index < -0.39 is 0 Å². The molecule has 18 heavy (non-hydrogen) atoms. The predicted molar refractivity (Wildman–Crippen MR) is 69.8 cm³/mol. The molecule has 100 valence electrons. The second-order valence-electron chi connectivity index (χ2n) is 4.97. The summed E-state index contributed by atoms with van der Waals surface area (Å²) >= 11 is 0. The van der Waals surface area contributed by atoms with Gasteiger partial charge in [0.05, 0.1) is 6.04 Å². The lowest BCUT2D eigenvalue weighted by molar-refractivity contribution is 0.227. The zero-order valence-electron chi connectivity index (χ0n) is 10.7. The Morgan fingerprint density at radius 1 is 1.50 bits per heavy atom. The van der Waals surface area contributed by atoms with Crippen LogP contribution in [0.4, 0.5) is 0 Å². The normalized spacial score (nSPS) is 19.3. The van der Waals surface area contributed by atoms with Crippen molar-refractivity contribution in [3.63, 3.8) is 0 Å². The summed E-state index contributed by atoms with van der Waals surface area (Å²) in [6.45, 7) is 3.85. The molecule has 1 aliphatic rings. The molecule has 1 aromatic carbocycles. The third kappa shape index (κ3) is 3.15. The third-order valence-corrected chi connectivity index (χ3v) is 3.35. The Balaban J connectivity index is 1.79. The molecular weight excluding hydrogens is 230 g/mol. The van der Waals surface area contributed by atoms with Gasteiger partial charge in [-0.05, 0) is 37.4 Å². The van der Waals surface area contributed by atoms with Gasteiger partial charge in [0.15, 0.2) is 0 Å². The van der Waals surface area contributed by atoms with Crippen molar-refractivity contribution in [1.82, 2.24) is 5.32 Å². The number of benzene rings is 1. The molecule has 2 rings (SSSR count). The number of hydrogen-bond donors (Lipinski definition) is 3. The molecule has 1 heterocycles. The van der Waals surface area contributed by atoms with E-state index >= 15 is 0 Å². The van der Waals surface area contributed by atoms with Crippen molar-refractivity contribution in [2.24, 2.45) is 5.92 Å². The molecule has 1 aromatic rings. The van der Waals surface area contributed by atoms with Crippen LogP contribution < -0.4 is 10.1 Å². The number of aromatic hydroxyl groups is 1. The fourth-order valence-corrected chi connectivity index (χ4v) is 2.19. The van der Waals surface area contributed by atoms with E-state index in [1.54, 1.807) is 12.1 Å². The summed E-state index contributed by atoms with van der Waals surface area (Å²) in [4.78, 5) is 0. The summed E-state index contributed by atoms with van der Waals surface area (Å²) in [6.07, 6.45) is 2.07. The minimum absolute atomic E-state index is 0.213. The first kappa shape index (κ1) is 13.2. The summed E-state index contributed by atoms with van der Waals surface area (Å²) in [5.41, 5.74) is 1.11. The number of hydrogen-bond acceptors (Lipinski definition) is 4. The van der Waals surface area contributed by atoms with Gasteiger partial charge in [-0.25, -0.2) is 0 Å². The van der Waals surface area contributed by atoms with Gasteiger partial charge in [-0.1, -0.05) is 6.92 Å². The van der Waals surface area contributed by atoms with Gasteiger partial charge in [-0.15, -0.1) is 0 Å². The summed E-state index contributed by atoms with van der Waals surface area (Å²) in [5.74, 6) is 1.39. The minimum Gasteiger partial charge on any atom is -0.508 e. The average Bonchev–Trinajstić information content (AvgIpc) is 2.76. The fourth-order valence-electron chi connectivity index (χ4n) is 2.19. The van der Waals surface area contributed by atoms with Gasteiger partial charge in [0.25, 0.3) is 0 Å². The van der Waals surface area contributed by atoms with E-state index in [0.717, 1.165) is 30.7 Å². The van der Waals surface area contributed by atoms with Crippen LogP contribution in [0.5, 0.6) is 11.5 Å². The van der Waals surface area contributed by atoms with E-state index in [9.17, 15) is 5.11 Å². The zero-order valence-corrected chi connectivity index (χ0v) is 10.7. The lowest BCUT2D eigenvalue weighted by Gasteiger charge is -2.12. The first-order valence-electron chi connectivity index (χ1n) is 6.50. The standard InChI is InChI=1S/C14H21NO3/c1-10(8-16)3-2-6-15-13-9-18-14-7-11(17)4-5-12(13)14/h4-5,7,10,13,15-17H,2-3,6,8-9H2,1H3. The van der Waals surface area contributed by atoms with Gasteiger partial charge in [0, 0.05) is 18.2 Å². The van der Waals surface area contributed by atoms with Crippen LogP contribution in [0.15, 0.2) is 18.2 Å². The molecule has 4 nitrogen and oxygen atoms in total. The SMILES string of the molecule is CC(CO)CCCNC1COc2cc(O)ccc21. The molecule has 0 saturated heterocycles. The Labute approximate surface area is 108 Å². The van der Waals surface area contributed by atoms with Crippen molar-refractivity contribution < 1.29 is 14.9 Å². The van der Waals surface area contributed by atoms with E-state index in [1.165, 1.54) is 0 Å². The molecule has 0 spiro atoms. The Bertz CT molecular complexity index is 395. The maximum atomic E-state index is 9.36. The molecule has 0 fully saturated rings. The van der Waals surface area contributed by atoms with Crippen LogP contribution in [0.3, 0.4) is 0 Å². The first-order valence-corrected chi connectivity index (χ1v) is 6.50. The van der Waals surface area contributed by atoms with E-state index in [0.29, 0.717) is 12.5 Å². The van der Waals surface area contributed by atoms with Crippen LogP contribution in [0, 0.1) is 5.92 Å². The quantitative estimate of drug-likeness (QED) is 0.675. The molecule has 0 aliphatic carbocycles. The highest BCUT2D eigenvalue weighted by atomic mass is 16.5. The number of nitrogens with one attached hydrogen (secondary N) is 1. The second kappa shape index (κ2) is 6.07. The van der Waals surface area contributed by atoms with E-state index in [1.807, 2.05) is 6.07 Å². The van der Waals surface area contributed by atoms with Crippen LogP contribution >= 0.6 is 0 Å². The van der Waals surface area contributed by atoms with Crippen molar-refractivity contribution in [2.45, 2.75) is 25.8 Å². The molecule has 1 aliphatic heterocycles. The maximum Gasteiger partial charge on any atom is 0.127 e. The predicted octanol–water partition coefficient (Wildman–Crippen LogP) is 1.82. The number of aliphatic hydroxyl groups excluding tert-OH is 1. The number of fused-ring (bicyclic) bond motifs is 1. The molecule has 0 aromatic heterocycles. The van der Waals surface area contributed by atoms with Crippen LogP contribution in [0.25, 0.3) is 0 Å². The van der Waals surface area contributed by atoms with Crippen LogP contribution in [-0.2, 0) is 0 Å².